The summed E-state index contributed by atoms with van der Waals surface area (Å²) in [6, 6.07) is 2.85. The summed E-state index contributed by atoms with van der Waals surface area (Å²) in [6.45, 7) is 0. The summed E-state index contributed by atoms with van der Waals surface area (Å²) in [7, 11) is 2.65. The minimum absolute atomic E-state index is 0.230. The Morgan fingerprint density at radius 1 is 1.44 bits per heavy atom. The Bertz CT molecular complexity index is 420. The van der Waals surface area contributed by atoms with Crippen molar-refractivity contribution in [2.45, 2.75) is 0 Å². The Kier molecular flexibility index (Phi) is 4.13. The highest BCUT2D eigenvalue weighted by Gasteiger charge is 2.11. The summed E-state index contributed by atoms with van der Waals surface area (Å²) in [6.07, 6.45) is -0.0325. The zero-order valence-electron chi connectivity index (χ0n) is 8.74. The lowest BCUT2D eigenvalue weighted by Gasteiger charge is -2.09. The maximum absolute atomic E-state index is 11.0. The molecule has 0 aliphatic carbocycles. The molecule has 1 rings (SSSR count). The highest BCUT2D eigenvalue weighted by molar-refractivity contribution is 6.34. The third-order valence-corrected chi connectivity index (χ3v) is 2.18. The number of hydrogen-bond acceptors (Lipinski definition) is 4. The molecule has 0 atom stereocenters. The van der Waals surface area contributed by atoms with Crippen molar-refractivity contribution in [3.8, 4) is 5.75 Å². The molecule has 0 saturated carbocycles. The summed E-state index contributed by atoms with van der Waals surface area (Å²) in [4.78, 5) is 21.7. The SMILES string of the molecule is COC(=O)Nc1cc(OC)c(C=O)cc1Cl. The largest absolute Gasteiger partial charge is 0.496 e. The number of amides is 1. The molecule has 1 aromatic carbocycles. The molecular weight excluding hydrogens is 234 g/mol. The van der Waals surface area contributed by atoms with E-state index in [9.17, 15) is 9.59 Å². The fourth-order valence-corrected chi connectivity index (χ4v) is 1.31. The van der Waals surface area contributed by atoms with Gasteiger partial charge in [-0.15, -0.1) is 0 Å². The molecule has 0 aromatic heterocycles. The maximum Gasteiger partial charge on any atom is 0.411 e. The van der Waals surface area contributed by atoms with Crippen LogP contribution in [0.15, 0.2) is 12.1 Å². The Balaban J connectivity index is 3.10. The van der Waals surface area contributed by atoms with E-state index in [1.807, 2.05) is 0 Å². The van der Waals surface area contributed by atoms with E-state index in [2.05, 4.69) is 10.1 Å². The van der Waals surface area contributed by atoms with Crippen LogP contribution in [0, 0.1) is 0 Å². The quantitative estimate of drug-likeness (QED) is 0.828. The number of carbonyl (C=O) groups excluding carboxylic acids is 2. The summed E-state index contributed by atoms with van der Waals surface area (Å²) in [5, 5.41) is 2.63. The number of nitrogens with one attached hydrogen (secondary N) is 1. The van der Waals surface area contributed by atoms with E-state index in [1.54, 1.807) is 0 Å². The van der Waals surface area contributed by atoms with Crippen LogP contribution < -0.4 is 10.1 Å². The standard InChI is InChI=1S/C10H10ClNO4/c1-15-9-4-8(12-10(14)16-2)7(11)3-6(9)5-13/h3-5H,1-2H3,(H,12,14). The van der Waals surface area contributed by atoms with Crippen molar-refractivity contribution < 1.29 is 19.1 Å². The first-order chi connectivity index (χ1) is 7.62. The molecule has 0 aliphatic rings. The van der Waals surface area contributed by atoms with Crippen LogP contribution in [-0.4, -0.2) is 26.6 Å². The molecule has 6 heteroatoms. The first-order valence-corrected chi connectivity index (χ1v) is 4.67. The molecule has 0 unspecified atom stereocenters. The van der Waals surface area contributed by atoms with Crippen molar-refractivity contribution in [2.75, 3.05) is 19.5 Å². The van der Waals surface area contributed by atoms with Crippen LogP contribution in [0.1, 0.15) is 10.4 Å². The van der Waals surface area contributed by atoms with Crippen LogP contribution in [0.25, 0.3) is 0 Å². The first kappa shape index (κ1) is 12.3. The Labute approximate surface area is 97.3 Å². The molecule has 0 radical (unpaired) electrons. The lowest BCUT2D eigenvalue weighted by molar-refractivity contribution is 0.112. The van der Waals surface area contributed by atoms with Crippen LogP contribution in [0.5, 0.6) is 5.75 Å². The van der Waals surface area contributed by atoms with Gasteiger partial charge in [0.05, 0.1) is 30.5 Å². The smallest absolute Gasteiger partial charge is 0.411 e. The lowest BCUT2D eigenvalue weighted by atomic mass is 10.2. The van der Waals surface area contributed by atoms with Gasteiger partial charge in [-0.25, -0.2) is 4.79 Å². The van der Waals surface area contributed by atoms with Crippen molar-refractivity contribution in [1.82, 2.24) is 0 Å². The third kappa shape index (κ3) is 2.64. The van der Waals surface area contributed by atoms with Crippen molar-refractivity contribution in [3.05, 3.63) is 22.7 Å². The minimum atomic E-state index is -0.650. The van der Waals surface area contributed by atoms with E-state index in [-0.39, 0.29) is 5.02 Å². The van der Waals surface area contributed by atoms with Gasteiger partial charge in [-0.1, -0.05) is 11.6 Å². The number of carbonyl (C=O) groups is 2. The lowest BCUT2D eigenvalue weighted by Crippen LogP contribution is -2.11. The van der Waals surface area contributed by atoms with E-state index in [0.29, 0.717) is 23.3 Å². The normalized spacial score (nSPS) is 9.44. The number of aldehydes is 1. The molecule has 16 heavy (non-hydrogen) atoms. The van der Waals surface area contributed by atoms with Crippen LogP contribution >= 0.6 is 11.6 Å². The molecule has 1 amide bonds. The zero-order valence-corrected chi connectivity index (χ0v) is 9.50. The van der Waals surface area contributed by atoms with Crippen LogP contribution in [0.2, 0.25) is 5.02 Å². The fourth-order valence-electron chi connectivity index (χ4n) is 1.09. The Morgan fingerprint density at radius 2 is 2.12 bits per heavy atom. The van der Waals surface area contributed by atoms with Gasteiger partial charge in [0, 0.05) is 6.07 Å². The molecule has 86 valence electrons. The molecule has 5 nitrogen and oxygen atoms in total. The van der Waals surface area contributed by atoms with Crippen molar-refractivity contribution >= 4 is 29.7 Å². The zero-order chi connectivity index (χ0) is 12.1. The van der Waals surface area contributed by atoms with Crippen LogP contribution in [0.4, 0.5) is 10.5 Å². The highest BCUT2D eigenvalue weighted by Crippen LogP contribution is 2.30. The highest BCUT2D eigenvalue weighted by atomic mass is 35.5. The molecule has 0 spiro atoms. The molecule has 0 heterocycles. The van der Waals surface area contributed by atoms with Gasteiger partial charge in [-0.2, -0.15) is 0 Å². The second-order valence-corrected chi connectivity index (χ2v) is 3.22. The first-order valence-electron chi connectivity index (χ1n) is 4.30. The summed E-state index contributed by atoms with van der Waals surface area (Å²) < 4.78 is 9.39. The van der Waals surface area contributed by atoms with Gasteiger partial charge in [0.1, 0.15) is 5.75 Å². The molecule has 0 aliphatic heterocycles. The predicted octanol–water partition coefficient (Wildman–Crippen LogP) is 2.34. The third-order valence-electron chi connectivity index (χ3n) is 1.87. The van der Waals surface area contributed by atoms with Gasteiger partial charge in [0.2, 0.25) is 0 Å². The van der Waals surface area contributed by atoms with Crippen LogP contribution in [-0.2, 0) is 4.74 Å². The topological polar surface area (TPSA) is 64.6 Å². The van der Waals surface area contributed by atoms with E-state index >= 15 is 0 Å². The number of ether oxygens (including phenoxy) is 2. The molecule has 0 fully saturated rings. The predicted molar refractivity (Wildman–Crippen MR) is 59.4 cm³/mol. The van der Waals surface area contributed by atoms with Crippen molar-refractivity contribution in [3.63, 3.8) is 0 Å². The van der Waals surface area contributed by atoms with Gasteiger partial charge < -0.3 is 9.47 Å². The second kappa shape index (κ2) is 5.37. The van der Waals surface area contributed by atoms with Gasteiger partial charge in [0.15, 0.2) is 6.29 Å². The van der Waals surface area contributed by atoms with E-state index < -0.39 is 6.09 Å². The Morgan fingerprint density at radius 3 is 2.62 bits per heavy atom. The molecule has 1 aromatic rings. The maximum atomic E-state index is 11.0. The van der Waals surface area contributed by atoms with Crippen LogP contribution in [0.3, 0.4) is 0 Å². The summed E-state index contributed by atoms with van der Waals surface area (Å²) in [5.41, 5.74) is 0.624. The average Bonchev–Trinajstić information content (AvgIpc) is 2.30. The number of benzene rings is 1. The molecule has 1 N–H and O–H groups in total. The van der Waals surface area contributed by atoms with Gasteiger partial charge in [-0.05, 0) is 6.07 Å². The number of hydrogen-bond donors (Lipinski definition) is 1. The molecular formula is C10H10ClNO4. The summed E-state index contributed by atoms with van der Waals surface area (Å²) >= 11 is 5.85. The van der Waals surface area contributed by atoms with Crippen molar-refractivity contribution in [2.24, 2.45) is 0 Å². The Hall–Kier alpha value is -1.75. The average molecular weight is 244 g/mol. The van der Waals surface area contributed by atoms with Gasteiger partial charge in [-0.3, -0.25) is 10.1 Å². The number of anilines is 1. The summed E-state index contributed by atoms with van der Waals surface area (Å²) in [5.74, 6) is 0.325. The molecule has 0 bridgehead atoms. The molecule has 0 saturated heterocycles. The number of methoxy groups -OCH3 is 2. The van der Waals surface area contributed by atoms with Gasteiger partial charge in [0.25, 0.3) is 0 Å². The number of halogens is 1. The minimum Gasteiger partial charge on any atom is -0.496 e. The van der Waals surface area contributed by atoms with E-state index in [1.165, 1.54) is 26.4 Å². The van der Waals surface area contributed by atoms with Crippen molar-refractivity contribution in [1.29, 1.82) is 0 Å². The van der Waals surface area contributed by atoms with E-state index in [0.717, 1.165) is 0 Å². The fraction of sp³-hybridized carbons (Fsp3) is 0.200. The van der Waals surface area contributed by atoms with Gasteiger partial charge >= 0.3 is 6.09 Å². The monoisotopic (exact) mass is 243 g/mol. The van der Waals surface area contributed by atoms with E-state index in [4.69, 9.17) is 16.3 Å². The second-order valence-electron chi connectivity index (χ2n) is 2.81. The number of rotatable bonds is 3.